The van der Waals surface area contributed by atoms with Gasteiger partial charge in [-0.25, -0.2) is 0 Å². The topological polar surface area (TPSA) is 32.3 Å². The van der Waals surface area contributed by atoms with Crippen LogP contribution >= 0.6 is 0 Å². The molecule has 0 bridgehead atoms. The Kier molecular flexibility index (Phi) is 4.64. The van der Waals surface area contributed by atoms with Gasteiger partial charge in [0.1, 0.15) is 0 Å². The zero-order valence-corrected chi connectivity index (χ0v) is 14.8. The lowest BCUT2D eigenvalue weighted by Crippen LogP contribution is -2.51. The van der Waals surface area contributed by atoms with Gasteiger partial charge in [0.05, 0.1) is 17.5 Å². The molecule has 3 heteroatoms. The van der Waals surface area contributed by atoms with E-state index in [1.807, 2.05) is 12.2 Å². The minimum atomic E-state index is -0.351. The van der Waals surface area contributed by atoms with Gasteiger partial charge < -0.3 is 10.2 Å². The number of aryl methyl sites for hydroxylation is 2. The highest BCUT2D eigenvalue weighted by Gasteiger charge is 2.53. The van der Waals surface area contributed by atoms with Crippen molar-refractivity contribution in [1.29, 1.82) is 0 Å². The summed E-state index contributed by atoms with van der Waals surface area (Å²) in [7, 11) is 0. The molecule has 3 rings (SSSR count). The largest absolute Gasteiger partial charge is 0.336 e. The summed E-state index contributed by atoms with van der Waals surface area (Å²) >= 11 is 0. The lowest BCUT2D eigenvalue weighted by Gasteiger charge is -2.38. The van der Waals surface area contributed by atoms with Gasteiger partial charge in [-0.15, -0.1) is 13.2 Å². The fraction of sp³-hybridized carbons (Fsp3) is 0.476. The Morgan fingerprint density at radius 1 is 1.29 bits per heavy atom. The van der Waals surface area contributed by atoms with Crippen molar-refractivity contribution in [3.05, 3.63) is 60.2 Å². The predicted molar refractivity (Wildman–Crippen MR) is 98.8 cm³/mol. The van der Waals surface area contributed by atoms with E-state index in [0.717, 1.165) is 32.4 Å². The summed E-state index contributed by atoms with van der Waals surface area (Å²) in [5.74, 6) is 0.282. The molecule has 0 aromatic heterocycles. The number of hydrogen-bond donors (Lipinski definition) is 1. The fourth-order valence-corrected chi connectivity index (χ4v) is 4.48. The predicted octanol–water partition coefficient (Wildman–Crippen LogP) is 3.69. The van der Waals surface area contributed by atoms with Crippen LogP contribution in [0.4, 0.5) is 0 Å². The quantitative estimate of drug-likeness (QED) is 0.838. The highest BCUT2D eigenvalue weighted by molar-refractivity contribution is 5.86. The maximum absolute atomic E-state index is 13.2. The van der Waals surface area contributed by atoms with Crippen LogP contribution in [-0.2, 0) is 4.79 Å². The van der Waals surface area contributed by atoms with Gasteiger partial charge in [-0.1, -0.05) is 35.9 Å². The Hall–Kier alpha value is -1.87. The molecule has 2 saturated heterocycles. The van der Waals surface area contributed by atoms with Crippen molar-refractivity contribution in [2.75, 3.05) is 13.1 Å². The molecule has 2 aliphatic rings. The first-order valence-corrected chi connectivity index (χ1v) is 8.86. The van der Waals surface area contributed by atoms with E-state index >= 15 is 0 Å². The molecule has 0 radical (unpaired) electrons. The SMILES string of the molecule is C=CCC1(CC=C)CC2C(c3cc(C)ccc3C)NCCN2C1=O. The van der Waals surface area contributed by atoms with Crippen molar-refractivity contribution in [3.8, 4) is 0 Å². The molecule has 3 nitrogen and oxygen atoms in total. The van der Waals surface area contributed by atoms with Crippen LogP contribution < -0.4 is 5.32 Å². The van der Waals surface area contributed by atoms with Crippen LogP contribution in [0.15, 0.2) is 43.5 Å². The second-order valence-electron chi connectivity index (χ2n) is 7.33. The minimum absolute atomic E-state index is 0.208. The number of nitrogens with one attached hydrogen (secondary N) is 1. The molecular weight excluding hydrogens is 296 g/mol. The third kappa shape index (κ3) is 2.71. The number of benzene rings is 1. The lowest BCUT2D eigenvalue weighted by atomic mass is 9.77. The average molecular weight is 324 g/mol. The molecule has 2 unspecified atom stereocenters. The van der Waals surface area contributed by atoms with Gasteiger partial charge >= 0.3 is 0 Å². The molecular formula is C21H28N2O. The molecule has 24 heavy (non-hydrogen) atoms. The van der Waals surface area contributed by atoms with E-state index in [2.05, 4.69) is 55.4 Å². The van der Waals surface area contributed by atoms with E-state index in [-0.39, 0.29) is 23.4 Å². The van der Waals surface area contributed by atoms with Crippen molar-refractivity contribution in [3.63, 3.8) is 0 Å². The zero-order valence-electron chi connectivity index (χ0n) is 14.8. The highest BCUT2D eigenvalue weighted by Crippen LogP contribution is 2.47. The number of carbonyl (C=O) groups excluding carboxylic acids is 1. The van der Waals surface area contributed by atoms with Gasteiger partial charge in [0.15, 0.2) is 0 Å². The number of amides is 1. The normalized spacial score (nSPS) is 25.4. The van der Waals surface area contributed by atoms with Gasteiger partial charge in [0, 0.05) is 13.1 Å². The molecule has 0 saturated carbocycles. The van der Waals surface area contributed by atoms with E-state index in [1.165, 1.54) is 16.7 Å². The summed E-state index contributed by atoms with van der Waals surface area (Å²) in [6.45, 7) is 13.7. The van der Waals surface area contributed by atoms with Crippen LogP contribution in [0.5, 0.6) is 0 Å². The van der Waals surface area contributed by atoms with Crippen LogP contribution in [0, 0.1) is 19.3 Å². The standard InChI is InChI=1S/C21H28N2O/c1-5-9-21(10-6-2)14-18-19(22-11-12-23(18)20(21)24)17-13-15(3)7-8-16(17)4/h5-8,13,18-19,22H,1-2,9-12,14H2,3-4H3. The summed E-state index contributed by atoms with van der Waals surface area (Å²) < 4.78 is 0. The monoisotopic (exact) mass is 324 g/mol. The van der Waals surface area contributed by atoms with Crippen molar-refractivity contribution >= 4 is 5.91 Å². The van der Waals surface area contributed by atoms with Crippen LogP contribution in [0.2, 0.25) is 0 Å². The van der Waals surface area contributed by atoms with Crippen LogP contribution in [0.25, 0.3) is 0 Å². The van der Waals surface area contributed by atoms with Gasteiger partial charge in [0.2, 0.25) is 5.91 Å². The van der Waals surface area contributed by atoms with E-state index in [0.29, 0.717) is 0 Å². The Morgan fingerprint density at radius 3 is 2.67 bits per heavy atom. The number of rotatable bonds is 5. The van der Waals surface area contributed by atoms with Crippen molar-refractivity contribution < 1.29 is 4.79 Å². The van der Waals surface area contributed by atoms with Crippen molar-refractivity contribution in [2.45, 2.75) is 45.2 Å². The Balaban J connectivity index is 1.98. The smallest absolute Gasteiger partial charge is 0.229 e. The summed E-state index contributed by atoms with van der Waals surface area (Å²) in [5.41, 5.74) is 3.53. The zero-order chi connectivity index (χ0) is 17.3. The summed E-state index contributed by atoms with van der Waals surface area (Å²) in [5, 5.41) is 3.67. The highest BCUT2D eigenvalue weighted by atomic mass is 16.2. The van der Waals surface area contributed by atoms with Crippen molar-refractivity contribution in [2.24, 2.45) is 5.41 Å². The van der Waals surface area contributed by atoms with Gasteiger partial charge in [0.25, 0.3) is 0 Å². The third-order valence-corrected chi connectivity index (χ3v) is 5.66. The number of nitrogens with zero attached hydrogens (tertiary/aromatic N) is 1. The minimum Gasteiger partial charge on any atom is -0.336 e. The van der Waals surface area contributed by atoms with Gasteiger partial charge in [-0.05, 0) is 44.2 Å². The molecule has 2 heterocycles. The molecule has 1 aromatic rings. The van der Waals surface area contributed by atoms with Crippen LogP contribution in [0.3, 0.4) is 0 Å². The maximum atomic E-state index is 13.2. The van der Waals surface area contributed by atoms with E-state index in [9.17, 15) is 4.79 Å². The molecule has 0 spiro atoms. The summed E-state index contributed by atoms with van der Waals surface area (Å²) in [6, 6.07) is 7.02. The first-order valence-electron chi connectivity index (χ1n) is 8.86. The van der Waals surface area contributed by atoms with Gasteiger partial charge in [-0.3, -0.25) is 4.79 Å². The average Bonchev–Trinajstić information content (AvgIpc) is 2.83. The first-order chi connectivity index (χ1) is 11.5. The number of carbonyl (C=O) groups is 1. The van der Waals surface area contributed by atoms with Crippen LogP contribution in [-0.4, -0.2) is 29.9 Å². The molecule has 128 valence electrons. The third-order valence-electron chi connectivity index (χ3n) is 5.66. The lowest BCUT2D eigenvalue weighted by molar-refractivity contribution is -0.137. The van der Waals surface area contributed by atoms with Crippen molar-refractivity contribution in [1.82, 2.24) is 10.2 Å². The molecule has 2 fully saturated rings. The van der Waals surface area contributed by atoms with Crippen LogP contribution in [0.1, 0.15) is 42.0 Å². The molecule has 0 aliphatic carbocycles. The summed E-state index contributed by atoms with van der Waals surface area (Å²) in [4.78, 5) is 15.3. The first kappa shape index (κ1) is 17.0. The Bertz CT molecular complexity index is 654. The number of fused-ring (bicyclic) bond motifs is 1. The Morgan fingerprint density at radius 2 is 2.00 bits per heavy atom. The van der Waals surface area contributed by atoms with E-state index in [4.69, 9.17) is 0 Å². The molecule has 2 atom stereocenters. The molecule has 2 aliphatic heterocycles. The number of hydrogen-bond acceptors (Lipinski definition) is 2. The van der Waals surface area contributed by atoms with E-state index in [1.54, 1.807) is 0 Å². The fourth-order valence-electron chi connectivity index (χ4n) is 4.48. The second-order valence-corrected chi connectivity index (χ2v) is 7.33. The van der Waals surface area contributed by atoms with E-state index < -0.39 is 0 Å². The summed E-state index contributed by atoms with van der Waals surface area (Å²) in [6.07, 6.45) is 6.10. The molecule has 1 N–H and O–H groups in total. The number of piperazine rings is 1. The maximum Gasteiger partial charge on any atom is 0.229 e. The second kappa shape index (κ2) is 6.56. The van der Waals surface area contributed by atoms with Gasteiger partial charge in [-0.2, -0.15) is 0 Å². The Labute approximate surface area is 145 Å². The molecule has 1 amide bonds. The number of allylic oxidation sites excluding steroid dienone is 2. The molecule has 1 aromatic carbocycles.